The van der Waals surface area contributed by atoms with Gasteiger partial charge in [0.2, 0.25) is 0 Å². The maximum Gasteiger partial charge on any atom is 0.277 e. The lowest BCUT2D eigenvalue weighted by molar-refractivity contribution is -0.123. The van der Waals surface area contributed by atoms with E-state index in [-0.39, 0.29) is 12.5 Å². The fourth-order valence-corrected chi connectivity index (χ4v) is 2.31. The third-order valence-corrected chi connectivity index (χ3v) is 3.99. The minimum Gasteiger partial charge on any atom is -0.484 e. The third kappa shape index (κ3) is 5.70. The van der Waals surface area contributed by atoms with Gasteiger partial charge in [-0.1, -0.05) is 26.0 Å². The Bertz CT molecular complexity index is 665. The Kier molecular flexibility index (Phi) is 6.64. The predicted molar refractivity (Wildman–Crippen MR) is 97.8 cm³/mol. The molecule has 0 aliphatic rings. The first-order valence-electron chi connectivity index (χ1n) is 7.38. The number of hydrogen-bond donors (Lipinski definition) is 1. The van der Waals surface area contributed by atoms with Crippen LogP contribution in [0.5, 0.6) is 5.75 Å². The lowest BCUT2D eigenvalue weighted by Gasteiger charge is -2.10. The largest absolute Gasteiger partial charge is 0.484 e. The summed E-state index contributed by atoms with van der Waals surface area (Å²) in [5.74, 6) is 1.44. The number of nitrogens with zero attached hydrogens (tertiary/aromatic N) is 1. The van der Waals surface area contributed by atoms with Crippen molar-refractivity contribution in [2.24, 2.45) is 5.10 Å². The summed E-state index contributed by atoms with van der Waals surface area (Å²) in [6.45, 7) is 4.25. The average Bonchev–Trinajstić information content (AvgIpc) is 2.98. The number of rotatable bonds is 7. The molecule has 0 radical (unpaired) electrons. The van der Waals surface area contributed by atoms with Gasteiger partial charge < -0.3 is 9.15 Å². The van der Waals surface area contributed by atoms with Crippen molar-refractivity contribution in [3.05, 3.63) is 51.5 Å². The highest BCUT2D eigenvalue weighted by Gasteiger charge is 2.05. The van der Waals surface area contributed by atoms with Gasteiger partial charge in [0.25, 0.3) is 5.91 Å². The van der Waals surface area contributed by atoms with Crippen molar-refractivity contribution in [2.75, 3.05) is 6.61 Å². The van der Waals surface area contributed by atoms with Crippen LogP contribution < -0.4 is 10.2 Å². The number of carbonyl (C=O) groups is 1. The SMILES string of the molecule is CCC(C)c1ccc(OCC(=O)N/N=C\c2ccc(I)o2)cc1. The zero-order valence-corrected chi connectivity index (χ0v) is 15.2. The molecule has 1 unspecified atom stereocenters. The summed E-state index contributed by atoms with van der Waals surface area (Å²) < 4.78 is 11.5. The van der Waals surface area contributed by atoms with Gasteiger partial charge >= 0.3 is 0 Å². The van der Waals surface area contributed by atoms with E-state index in [2.05, 4.69) is 47.0 Å². The van der Waals surface area contributed by atoms with Gasteiger partial charge in [-0.15, -0.1) is 0 Å². The Morgan fingerprint density at radius 2 is 2.09 bits per heavy atom. The van der Waals surface area contributed by atoms with Crippen LogP contribution in [-0.2, 0) is 4.79 Å². The molecule has 1 amide bonds. The molecule has 1 atom stereocenters. The fraction of sp³-hybridized carbons (Fsp3) is 0.294. The highest BCUT2D eigenvalue weighted by Crippen LogP contribution is 2.21. The van der Waals surface area contributed by atoms with E-state index in [4.69, 9.17) is 9.15 Å². The highest BCUT2D eigenvalue weighted by atomic mass is 127. The number of amides is 1. The molecule has 5 nitrogen and oxygen atoms in total. The molecule has 0 spiro atoms. The van der Waals surface area contributed by atoms with E-state index in [1.807, 2.05) is 30.3 Å². The first-order valence-corrected chi connectivity index (χ1v) is 8.46. The minimum absolute atomic E-state index is 0.0876. The Labute approximate surface area is 149 Å². The molecule has 1 N–H and O–H groups in total. The maximum absolute atomic E-state index is 11.7. The van der Waals surface area contributed by atoms with Crippen molar-refractivity contribution in [1.82, 2.24) is 5.43 Å². The molecule has 1 aromatic carbocycles. The Balaban J connectivity index is 1.76. The quantitative estimate of drug-likeness (QED) is 0.415. The molecule has 2 aromatic rings. The smallest absolute Gasteiger partial charge is 0.277 e. The summed E-state index contributed by atoms with van der Waals surface area (Å²) in [7, 11) is 0. The fourth-order valence-electron chi connectivity index (χ4n) is 1.87. The second-order valence-electron chi connectivity index (χ2n) is 5.10. The molecule has 0 aliphatic heterocycles. The molecule has 1 heterocycles. The summed E-state index contributed by atoms with van der Waals surface area (Å²) in [6, 6.07) is 11.4. The van der Waals surface area contributed by atoms with Gasteiger partial charge in [-0.25, -0.2) is 5.43 Å². The Morgan fingerprint density at radius 3 is 2.70 bits per heavy atom. The molecule has 2 rings (SSSR count). The maximum atomic E-state index is 11.7. The van der Waals surface area contributed by atoms with Crippen LogP contribution >= 0.6 is 22.6 Å². The van der Waals surface area contributed by atoms with Crippen molar-refractivity contribution >= 4 is 34.7 Å². The van der Waals surface area contributed by atoms with Gasteiger partial charge in [-0.3, -0.25) is 4.79 Å². The summed E-state index contributed by atoms with van der Waals surface area (Å²) in [4.78, 5) is 11.7. The average molecular weight is 426 g/mol. The highest BCUT2D eigenvalue weighted by molar-refractivity contribution is 14.1. The molecule has 1 aromatic heterocycles. The van der Waals surface area contributed by atoms with Crippen molar-refractivity contribution < 1.29 is 13.9 Å². The lowest BCUT2D eigenvalue weighted by atomic mass is 9.99. The van der Waals surface area contributed by atoms with Crippen LogP contribution in [0.4, 0.5) is 0 Å². The lowest BCUT2D eigenvalue weighted by Crippen LogP contribution is -2.24. The molecule has 0 saturated carbocycles. The zero-order valence-electron chi connectivity index (χ0n) is 13.1. The standard InChI is InChI=1S/C17H19IN2O3/c1-3-12(2)13-4-6-14(7-5-13)22-11-17(21)20-19-10-15-8-9-16(18)23-15/h4-10,12H,3,11H2,1-2H3,(H,20,21)/b19-10-. The first-order chi connectivity index (χ1) is 11.1. The van der Waals surface area contributed by atoms with E-state index in [9.17, 15) is 4.79 Å². The number of hydrazone groups is 1. The van der Waals surface area contributed by atoms with Crippen LogP contribution in [0.3, 0.4) is 0 Å². The van der Waals surface area contributed by atoms with Crippen molar-refractivity contribution in [3.8, 4) is 5.75 Å². The molecule has 0 saturated heterocycles. The van der Waals surface area contributed by atoms with Gasteiger partial charge in [-0.2, -0.15) is 5.10 Å². The molecule has 0 bridgehead atoms. The van der Waals surface area contributed by atoms with Crippen molar-refractivity contribution in [2.45, 2.75) is 26.2 Å². The van der Waals surface area contributed by atoms with Gasteiger partial charge in [0.15, 0.2) is 10.4 Å². The summed E-state index contributed by atoms with van der Waals surface area (Å²) in [5.41, 5.74) is 3.66. The van der Waals surface area contributed by atoms with Crippen molar-refractivity contribution in [3.63, 3.8) is 0 Å². The predicted octanol–water partition coefficient (Wildman–Crippen LogP) is 3.93. The van der Waals surface area contributed by atoms with Crippen LogP contribution in [0.1, 0.15) is 37.5 Å². The summed E-state index contributed by atoms with van der Waals surface area (Å²) in [5, 5.41) is 3.81. The van der Waals surface area contributed by atoms with E-state index in [0.29, 0.717) is 17.4 Å². The molecule has 122 valence electrons. The van der Waals surface area contributed by atoms with E-state index in [1.165, 1.54) is 11.8 Å². The second-order valence-corrected chi connectivity index (χ2v) is 6.17. The third-order valence-electron chi connectivity index (χ3n) is 3.41. The molecular formula is C17H19IN2O3. The van der Waals surface area contributed by atoms with Crippen LogP contribution in [0.15, 0.2) is 45.9 Å². The topological polar surface area (TPSA) is 63.8 Å². The van der Waals surface area contributed by atoms with Crippen LogP contribution in [0.25, 0.3) is 0 Å². The van der Waals surface area contributed by atoms with Gasteiger partial charge in [0.05, 0.1) is 6.21 Å². The minimum atomic E-state index is -0.325. The van der Waals surface area contributed by atoms with Gasteiger partial charge in [0, 0.05) is 0 Å². The van der Waals surface area contributed by atoms with Gasteiger partial charge in [-0.05, 0) is 64.8 Å². The number of furan rings is 1. The van der Waals surface area contributed by atoms with E-state index < -0.39 is 0 Å². The van der Waals surface area contributed by atoms with Gasteiger partial charge in [0.1, 0.15) is 11.5 Å². The van der Waals surface area contributed by atoms with E-state index in [0.717, 1.165) is 10.2 Å². The Hall–Kier alpha value is -1.83. The van der Waals surface area contributed by atoms with Crippen LogP contribution in [0, 0.1) is 3.77 Å². The molecule has 0 aliphatic carbocycles. The summed E-state index contributed by atoms with van der Waals surface area (Å²) in [6.07, 6.45) is 2.54. The Morgan fingerprint density at radius 1 is 1.35 bits per heavy atom. The number of hydrogen-bond acceptors (Lipinski definition) is 4. The molecule has 23 heavy (non-hydrogen) atoms. The van der Waals surface area contributed by atoms with Crippen LogP contribution in [0.2, 0.25) is 0 Å². The molecular weight excluding hydrogens is 407 g/mol. The second kappa shape index (κ2) is 8.71. The number of benzene rings is 1. The van der Waals surface area contributed by atoms with Crippen LogP contribution in [-0.4, -0.2) is 18.7 Å². The van der Waals surface area contributed by atoms with E-state index >= 15 is 0 Å². The monoisotopic (exact) mass is 426 g/mol. The number of halogens is 1. The molecule has 0 fully saturated rings. The number of ether oxygens (including phenoxy) is 1. The normalized spacial score (nSPS) is 12.3. The molecule has 6 heteroatoms. The number of carbonyl (C=O) groups excluding carboxylic acids is 1. The number of nitrogens with one attached hydrogen (secondary N) is 1. The van der Waals surface area contributed by atoms with Crippen molar-refractivity contribution in [1.29, 1.82) is 0 Å². The summed E-state index contributed by atoms with van der Waals surface area (Å²) >= 11 is 2.06. The zero-order chi connectivity index (χ0) is 16.7. The first kappa shape index (κ1) is 17.5. The van der Waals surface area contributed by atoms with E-state index in [1.54, 1.807) is 6.07 Å².